The van der Waals surface area contributed by atoms with Gasteiger partial charge in [0.05, 0.1) is 16.8 Å². The number of aromatic carboxylic acids is 1. The third kappa shape index (κ3) is 5.21. The zero-order chi connectivity index (χ0) is 26.2. The van der Waals surface area contributed by atoms with E-state index in [2.05, 4.69) is 5.10 Å². The molecule has 0 bridgehead atoms. The summed E-state index contributed by atoms with van der Waals surface area (Å²) in [5.41, 5.74) is 0.339. The summed E-state index contributed by atoms with van der Waals surface area (Å²) in [4.78, 5) is 19.5. The first kappa shape index (κ1) is 25.6. The summed E-state index contributed by atoms with van der Waals surface area (Å²) in [5.74, 6) is -0.639. The van der Waals surface area contributed by atoms with Gasteiger partial charge in [-0.25, -0.2) is 14.5 Å². The first-order chi connectivity index (χ1) is 17.0. The highest BCUT2D eigenvalue weighted by atomic mass is 32.1. The van der Waals surface area contributed by atoms with Gasteiger partial charge in [-0.1, -0.05) is 37.3 Å². The van der Waals surface area contributed by atoms with E-state index in [0.29, 0.717) is 23.2 Å². The second kappa shape index (κ2) is 9.90. The van der Waals surface area contributed by atoms with E-state index in [0.717, 1.165) is 29.1 Å². The highest BCUT2D eigenvalue weighted by Gasteiger charge is 2.32. The van der Waals surface area contributed by atoms with Crippen molar-refractivity contribution in [2.75, 3.05) is 27.2 Å². The Kier molecular flexibility index (Phi) is 7.05. The van der Waals surface area contributed by atoms with E-state index in [4.69, 9.17) is 9.72 Å². The van der Waals surface area contributed by atoms with Crippen LogP contribution in [-0.2, 0) is 6.18 Å². The molecule has 7 nitrogen and oxygen atoms in total. The number of likely N-dealkylation sites (N-methyl/N-ethyl adjacent to an activating group) is 1. The Morgan fingerprint density at radius 3 is 2.58 bits per heavy atom. The van der Waals surface area contributed by atoms with Crippen molar-refractivity contribution in [2.24, 2.45) is 0 Å². The highest BCUT2D eigenvalue weighted by molar-refractivity contribution is 7.14. The Morgan fingerprint density at radius 2 is 1.94 bits per heavy atom. The minimum absolute atomic E-state index is 0.0853. The van der Waals surface area contributed by atoms with Crippen LogP contribution in [0.1, 0.15) is 40.7 Å². The lowest BCUT2D eigenvalue weighted by Gasteiger charge is -2.12. The third-order valence-corrected chi connectivity index (χ3v) is 6.80. The number of carboxylic acids is 1. The number of hydrogen-bond donors (Lipinski definition) is 1. The molecule has 2 aromatic heterocycles. The second-order valence-electron chi connectivity index (χ2n) is 8.84. The first-order valence-electron chi connectivity index (χ1n) is 11.2. The number of carboxylic acid groups (broad SMARTS) is 1. The van der Waals surface area contributed by atoms with E-state index in [-0.39, 0.29) is 16.8 Å². The normalized spacial score (nSPS) is 12.1. The van der Waals surface area contributed by atoms with Gasteiger partial charge in [0.1, 0.15) is 12.4 Å². The summed E-state index contributed by atoms with van der Waals surface area (Å²) in [7, 11) is 3.92. The van der Waals surface area contributed by atoms with Crippen molar-refractivity contribution in [1.29, 1.82) is 0 Å². The lowest BCUT2D eigenvalue weighted by molar-refractivity contribution is -0.137. The molecule has 0 radical (unpaired) electrons. The Balaban J connectivity index is 1.81. The van der Waals surface area contributed by atoms with Gasteiger partial charge in [-0.15, -0.1) is 0 Å². The average molecular weight is 519 g/mol. The number of benzene rings is 2. The fourth-order valence-corrected chi connectivity index (χ4v) is 4.74. The molecule has 0 aliphatic carbocycles. The summed E-state index contributed by atoms with van der Waals surface area (Å²) in [6.45, 7) is 5.30. The first-order valence-corrected chi connectivity index (χ1v) is 12.0. The molecule has 0 spiro atoms. The number of alkyl halides is 3. The molecule has 0 saturated carbocycles. The summed E-state index contributed by atoms with van der Waals surface area (Å²) >= 11 is 1.32. The SMILES string of the molecule is CC(C)c1sc(-n2nc(C(=O)O)c3cc(C(F)(F)F)ccc32)nc1-c1cccc(OCCN(C)C)c1. The third-order valence-electron chi connectivity index (χ3n) is 5.47. The summed E-state index contributed by atoms with van der Waals surface area (Å²) in [5, 5.41) is 14.0. The second-order valence-corrected chi connectivity index (χ2v) is 9.85. The molecule has 0 fully saturated rings. The molecule has 0 unspecified atom stereocenters. The minimum Gasteiger partial charge on any atom is -0.492 e. The molecule has 4 rings (SSSR count). The summed E-state index contributed by atoms with van der Waals surface area (Å²) in [6, 6.07) is 10.5. The predicted molar refractivity (Wildman–Crippen MR) is 132 cm³/mol. The van der Waals surface area contributed by atoms with Crippen molar-refractivity contribution in [3.05, 3.63) is 58.6 Å². The lowest BCUT2D eigenvalue weighted by atomic mass is 10.1. The molecular formula is C25H25F3N4O3S. The van der Waals surface area contributed by atoms with Crippen LogP contribution in [0, 0.1) is 0 Å². The van der Waals surface area contributed by atoms with Crippen LogP contribution in [0.2, 0.25) is 0 Å². The number of carbonyl (C=O) groups is 1. The van der Waals surface area contributed by atoms with Crippen molar-refractivity contribution >= 4 is 28.2 Å². The average Bonchev–Trinajstić information content (AvgIpc) is 3.40. The quantitative estimate of drug-likeness (QED) is 0.311. The van der Waals surface area contributed by atoms with Crippen molar-refractivity contribution in [3.8, 4) is 22.1 Å². The van der Waals surface area contributed by atoms with Crippen LogP contribution in [0.3, 0.4) is 0 Å². The smallest absolute Gasteiger partial charge is 0.416 e. The van der Waals surface area contributed by atoms with E-state index in [1.807, 2.05) is 57.1 Å². The number of thiazole rings is 1. The zero-order valence-electron chi connectivity index (χ0n) is 20.1. The Hall–Kier alpha value is -3.44. The molecule has 0 aliphatic rings. The minimum atomic E-state index is -4.61. The van der Waals surface area contributed by atoms with Gasteiger partial charge in [0.2, 0.25) is 5.13 Å². The number of ether oxygens (including phenoxy) is 1. The molecule has 1 N–H and O–H groups in total. The van der Waals surface area contributed by atoms with Crippen LogP contribution in [0.5, 0.6) is 5.75 Å². The Labute approximate surface area is 209 Å². The fraction of sp³-hybridized carbons (Fsp3) is 0.320. The van der Waals surface area contributed by atoms with E-state index in [9.17, 15) is 23.1 Å². The van der Waals surface area contributed by atoms with Crippen LogP contribution in [0.25, 0.3) is 27.3 Å². The predicted octanol–water partition coefficient (Wildman–Crippen LogP) is 5.93. The number of rotatable bonds is 8. The number of aromatic nitrogens is 3. The van der Waals surface area contributed by atoms with Crippen LogP contribution in [0.15, 0.2) is 42.5 Å². The maximum Gasteiger partial charge on any atom is 0.416 e. The van der Waals surface area contributed by atoms with Gasteiger partial charge in [0.15, 0.2) is 5.69 Å². The molecule has 0 saturated heterocycles. The van der Waals surface area contributed by atoms with Gasteiger partial charge in [-0.05, 0) is 50.3 Å². The van der Waals surface area contributed by atoms with Crippen molar-refractivity contribution < 1.29 is 27.8 Å². The standard InChI is InChI=1S/C25H25F3N4O3S/c1-14(2)22-20(15-6-5-7-17(12-15)35-11-10-31(3)4)29-24(36-22)32-19-9-8-16(25(26,27)28)13-18(19)21(30-32)23(33)34/h5-9,12-14H,10-11H2,1-4H3,(H,33,34). The molecule has 11 heteroatoms. The molecule has 0 atom stereocenters. The molecule has 0 amide bonds. The maximum atomic E-state index is 13.3. The van der Waals surface area contributed by atoms with Crippen molar-refractivity contribution in [3.63, 3.8) is 0 Å². The van der Waals surface area contributed by atoms with Crippen molar-refractivity contribution in [1.82, 2.24) is 19.7 Å². The molecule has 190 valence electrons. The number of halogens is 3. The molecule has 0 aliphatic heterocycles. The molecule has 36 heavy (non-hydrogen) atoms. The van der Waals surface area contributed by atoms with E-state index in [1.165, 1.54) is 22.1 Å². The summed E-state index contributed by atoms with van der Waals surface area (Å²) < 4.78 is 46.9. The molecule has 4 aromatic rings. The highest BCUT2D eigenvalue weighted by Crippen LogP contribution is 2.38. The number of nitrogens with zero attached hydrogens (tertiary/aromatic N) is 4. The molecular weight excluding hydrogens is 493 g/mol. The van der Waals surface area contributed by atoms with Crippen molar-refractivity contribution in [2.45, 2.75) is 25.9 Å². The van der Waals surface area contributed by atoms with Crippen LogP contribution in [-0.4, -0.2) is 58.0 Å². The van der Waals surface area contributed by atoms with Gasteiger partial charge >= 0.3 is 12.1 Å². The van der Waals surface area contributed by atoms with Gasteiger partial charge in [0, 0.05) is 22.4 Å². The number of fused-ring (bicyclic) bond motifs is 1. The maximum absolute atomic E-state index is 13.3. The number of hydrogen-bond acceptors (Lipinski definition) is 6. The van der Waals surface area contributed by atoms with E-state index < -0.39 is 23.4 Å². The Morgan fingerprint density at radius 1 is 1.19 bits per heavy atom. The Bertz CT molecular complexity index is 1410. The van der Waals surface area contributed by atoms with Gasteiger partial charge in [0.25, 0.3) is 0 Å². The molecule has 2 heterocycles. The van der Waals surface area contributed by atoms with Crippen LogP contribution < -0.4 is 4.74 Å². The van der Waals surface area contributed by atoms with E-state index >= 15 is 0 Å². The van der Waals surface area contributed by atoms with Gasteiger partial charge in [-0.2, -0.15) is 18.3 Å². The zero-order valence-corrected chi connectivity index (χ0v) is 20.9. The monoisotopic (exact) mass is 518 g/mol. The van der Waals surface area contributed by atoms with E-state index in [1.54, 1.807) is 0 Å². The van der Waals surface area contributed by atoms with Gasteiger partial charge < -0.3 is 14.7 Å². The van der Waals surface area contributed by atoms with Gasteiger partial charge in [-0.3, -0.25) is 0 Å². The van der Waals surface area contributed by atoms with Crippen LogP contribution >= 0.6 is 11.3 Å². The molecule has 2 aromatic carbocycles. The summed E-state index contributed by atoms with van der Waals surface area (Å²) in [6.07, 6.45) is -4.61. The fourth-order valence-electron chi connectivity index (χ4n) is 3.69. The van der Waals surface area contributed by atoms with Crippen LogP contribution in [0.4, 0.5) is 13.2 Å². The topological polar surface area (TPSA) is 80.5 Å². The lowest BCUT2D eigenvalue weighted by Crippen LogP contribution is -2.19. The largest absolute Gasteiger partial charge is 0.492 e.